The molecule has 126 valence electrons. The van der Waals surface area contributed by atoms with E-state index in [4.69, 9.17) is 4.74 Å². The Bertz CT molecular complexity index is 804. The summed E-state index contributed by atoms with van der Waals surface area (Å²) >= 11 is 1.49. The second kappa shape index (κ2) is 5.90. The van der Waals surface area contributed by atoms with Crippen LogP contribution in [0.15, 0.2) is 23.0 Å². The van der Waals surface area contributed by atoms with Crippen molar-refractivity contribution in [3.05, 3.63) is 45.4 Å². The number of thiophene rings is 1. The number of aromatic nitrogens is 1. The van der Waals surface area contributed by atoms with Crippen LogP contribution in [0.5, 0.6) is 5.75 Å². The predicted molar refractivity (Wildman–Crippen MR) is 91.0 cm³/mol. The summed E-state index contributed by atoms with van der Waals surface area (Å²) in [6.07, 6.45) is 1.69. The predicted octanol–water partition coefficient (Wildman–Crippen LogP) is 2.74. The zero-order valence-corrected chi connectivity index (χ0v) is 14.9. The lowest BCUT2D eigenvalue weighted by atomic mass is 9.95. The number of methoxy groups -OCH3 is 1. The minimum absolute atomic E-state index is 0.118. The van der Waals surface area contributed by atoms with Gasteiger partial charge in [-0.15, -0.1) is 0 Å². The van der Waals surface area contributed by atoms with Gasteiger partial charge in [0.1, 0.15) is 11.3 Å². The van der Waals surface area contributed by atoms with E-state index in [1.54, 1.807) is 20.2 Å². The molecule has 0 radical (unpaired) electrons. The number of nitrogens with zero attached hydrogens (tertiary/aromatic N) is 2. The highest BCUT2D eigenvalue weighted by Crippen LogP contribution is 2.32. The molecule has 0 saturated carbocycles. The summed E-state index contributed by atoms with van der Waals surface area (Å²) in [4.78, 5) is 30.8. The first-order valence-corrected chi connectivity index (χ1v) is 8.48. The van der Waals surface area contributed by atoms with Crippen LogP contribution in [0.4, 0.5) is 4.79 Å². The summed E-state index contributed by atoms with van der Waals surface area (Å²) in [6, 6.07) is 1.44. The molecule has 1 saturated heterocycles. The summed E-state index contributed by atoms with van der Waals surface area (Å²) < 4.78 is 5.39. The Balaban J connectivity index is 1.92. The van der Waals surface area contributed by atoms with Crippen LogP contribution < -0.4 is 10.1 Å². The summed E-state index contributed by atoms with van der Waals surface area (Å²) in [5.74, 6) is 0.458. The molecule has 0 bridgehead atoms. The number of carbonyl (C=O) groups is 2. The third kappa shape index (κ3) is 2.45. The van der Waals surface area contributed by atoms with E-state index in [2.05, 4.69) is 10.3 Å². The van der Waals surface area contributed by atoms with Gasteiger partial charge in [0, 0.05) is 17.3 Å². The largest absolute Gasteiger partial charge is 0.496 e. The van der Waals surface area contributed by atoms with Crippen molar-refractivity contribution in [3.63, 3.8) is 0 Å². The average Bonchev–Trinajstić information content (AvgIpc) is 3.14. The summed E-state index contributed by atoms with van der Waals surface area (Å²) in [5.41, 5.74) is 2.16. The van der Waals surface area contributed by atoms with E-state index in [1.165, 1.54) is 16.2 Å². The van der Waals surface area contributed by atoms with Crippen LogP contribution in [0.2, 0.25) is 0 Å². The highest BCUT2D eigenvalue weighted by Gasteiger charge is 2.49. The highest BCUT2D eigenvalue weighted by atomic mass is 32.1. The number of urea groups is 1. The molecular weight excluding hydrogens is 326 g/mol. The monoisotopic (exact) mass is 345 g/mol. The molecule has 1 aliphatic heterocycles. The molecule has 3 rings (SSSR count). The van der Waals surface area contributed by atoms with Crippen LogP contribution in [-0.2, 0) is 16.9 Å². The van der Waals surface area contributed by atoms with Gasteiger partial charge in [-0.05, 0) is 43.2 Å². The number of aryl methyl sites for hydroxylation is 1. The topological polar surface area (TPSA) is 71.5 Å². The number of ether oxygens (including phenoxy) is 1. The smallest absolute Gasteiger partial charge is 0.325 e. The Morgan fingerprint density at radius 2 is 2.12 bits per heavy atom. The second-order valence-corrected chi connectivity index (χ2v) is 6.78. The zero-order valence-electron chi connectivity index (χ0n) is 14.0. The molecule has 1 fully saturated rings. The van der Waals surface area contributed by atoms with E-state index >= 15 is 0 Å². The SMILES string of the molecule is COc1c(C)cnc(CN2C(=O)NC(C)(c3ccsc3)C2=O)c1C. The van der Waals surface area contributed by atoms with Gasteiger partial charge in [-0.2, -0.15) is 11.3 Å². The van der Waals surface area contributed by atoms with Crippen molar-refractivity contribution < 1.29 is 14.3 Å². The van der Waals surface area contributed by atoms with Crippen LogP contribution in [0.3, 0.4) is 0 Å². The fourth-order valence-corrected chi connectivity index (χ4v) is 3.73. The molecule has 1 unspecified atom stereocenters. The van der Waals surface area contributed by atoms with Gasteiger partial charge in [0.15, 0.2) is 0 Å². The third-order valence-electron chi connectivity index (χ3n) is 4.43. The number of amides is 3. The Kier molecular flexibility index (Phi) is 4.04. The van der Waals surface area contributed by atoms with E-state index in [-0.39, 0.29) is 12.5 Å². The lowest BCUT2D eigenvalue weighted by Crippen LogP contribution is -2.40. The Hall–Kier alpha value is -2.41. The average molecular weight is 345 g/mol. The van der Waals surface area contributed by atoms with E-state index < -0.39 is 11.6 Å². The Morgan fingerprint density at radius 1 is 1.38 bits per heavy atom. The van der Waals surface area contributed by atoms with Gasteiger partial charge in [-0.3, -0.25) is 14.7 Å². The van der Waals surface area contributed by atoms with E-state index in [0.29, 0.717) is 5.69 Å². The van der Waals surface area contributed by atoms with Gasteiger partial charge in [0.25, 0.3) is 5.91 Å². The number of hydrogen-bond acceptors (Lipinski definition) is 5. The molecule has 3 amide bonds. The maximum absolute atomic E-state index is 12.9. The standard InChI is InChI=1S/C17H19N3O3S/c1-10-7-18-13(11(2)14(10)23-4)8-20-15(21)17(3,19-16(20)22)12-5-6-24-9-12/h5-7,9H,8H2,1-4H3,(H,19,22). The summed E-state index contributed by atoms with van der Waals surface area (Å²) in [6.45, 7) is 5.63. The van der Waals surface area contributed by atoms with Crippen LogP contribution in [0.25, 0.3) is 0 Å². The first kappa shape index (κ1) is 16.4. The van der Waals surface area contributed by atoms with E-state index in [1.807, 2.05) is 30.7 Å². The number of hydrogen-bond donors (Lipinski definition) is 1. The zero-order chi connectivity index (χ0) is 17.5. The molecule has 2 aromatic heterocycles. The molecule has 0 spiro atoms. The van der Waals surface area contributed by atoms with Crippen LogP contribution in [0.1, 0.15) is 29.3 Å². The molecule has 2 aromatic rings. The van der Waals surface area contributed by atoms with Gasteiger partial charge in [0.2, 0.25) is 0 Å². The van der Waals surface area contributed by atoms with Crippen molar-refractivity contribution in [3.8, 4) is 5.75 Å². The maximum Gasteiger partial charge on any atom is 0.325 e. The van der Waals surface area contributed by atoms with Crippen molar-refractivity contribution in [2.24, 2.45) is 0 Å². The van der Waals surface area contributed by atoms with Crippen molar-refractivity contribution in [2.45, 2.75) is 32.9 Å². The van der Waals surface area contributed by atoms with Crippen LogP contribution >= 0.6 is 11.3 Å². The van der Waals surface area contributed by atoms with E-state index in [0.717, 1.165) is 22.4 Å². The normalized spacial score (nSPS) is 20.4. The molecule has 0 aliphatic carbocycles. The number of nitrogens with one attached hydrogen (secondary N) is 1. The molecule has 6 nitrogen and oxygen atoms in total. The molecular formula is C17H19N3O3S. The molecule has 7 heteroatoms. The molecule has 0 aromatic carbocycles. The van der Waals surface area contributed by atoms with Gasteiger partial charge < -0.3 is 10.1 Å². The Morgan fingerprint density at radius 3 is 2.75 bits per heavy atom. The Labute approximate surface area is 144 Å². The first-order valence-electron chi connectivity index (χ1n) is 7.54. The lowest BCUT2D eigenvalue weighted by Gasteiger charge is -2.21. The molecule has 1 atom stereocenters. The van der Waals surface area contributed by atoms with Crippen LogP contribution in [-0.4, -0.2) is 28.9 Å². The lowest BCUT2D eigenvalue weighted by molar-refractivity contribution is -0.131. The maximum atomic E-state index is 12.9. The van der Waals surface area contributed by atoms with Crippen molar-refractivity contribution >= 4 is 23.3 Å². The molecule has 1 N–H and O–H groups in total. The number of rotatable bonds is 4. The third-order valence-corrected chi connectivity index (χ3v) is 5.11. The van der Waals surface area contributed by atoms with Crippen LogP contribution in [0, 0.1) is 13.8 Å². The minimum atomic E-state index is -1.03. The summed E-state index contributed by atoms with van der Waals surface area (Å²) in [7, 11) is 1.60. The number of imide groups is 1. The van der Waals surface area contributed by atoms with Crippen molar-refractivity contribution in [1.29, 1.82) is 0 Å². The van der Waals surface area contributed by atoms with Crippen molar-refractivity contribution in [1.82, 2.24) is 15.2 Å². The van der Waals surface area contributed by atoms with Gasteiger partial charge in [0.05, 0.1) is 19.3 Å². The molecule has 24 heavy (non-hydrogen) atoms. The fraction of sp³-hybridized carbons (Fsp3) is 0.353. The second-order valence-electron chi connectivity index (χ2n) is 6.00. The van der Waals surface area contributed by atoms with E-state index in [9.17, 15) is 9.59 Å². The summed E-state index contributed by atoms with van der Waals surface area (Å²) in [5, 5.41) is 6.56. The quantitative estimate of drug-likeness (QED) is 0.865. The van der Waals surface area contributed by atoms with Crippen molar-refractivity contribution in [2.75, 3.05) is 7.11 Å². The first-order chi connectivity index (χ1) is 11.4. The minimum Gasteiger partial charge on any atom is -0.496 e. The molecule has 3 heterocycles. The fourth-order valence-electron chi connectivity index (χ4n) is 2.97. The molecule has 1 aliphatic rings. The van der Waals surface area contributed by atoms with Gasteiger partial charge in [-0.25, -0.2) is 4.79 Å². The van der Waals surface area contributed by atoms with Gasteiger partial charge >= 0.3 is 6.03 Å². The number of pyridine rings is 1. The van der Waals surface area contributed by atoms with Gasteiger partial charge in [-0.1, -0.05) is 0 Å². The highest BCUT2D eigenvalue weighted by molar-refractivity contribution is 7.08. The number of carbonyl (C=O) groups excluding carboxylic acids is 2.